The number of nitrogens with two attached hydrogens (primary N) is 1. The Morgan fingerprint density at radius 3 is 2.82 bits per heavy atom. The summed E-state index contributed by atoms with van der Waals surface area (Å²) in [5, 5.41) is 6.86. The van der Waals surface area contributed by atoms with Crippen molar-refractivity contribution in [1.29, 1.82) is 0 Å². The van der Waals surface area contributed by atoms with Crippen molar-refractivity contribution < 1.29 is 0 Å². The molecule has 1 aliphatic heterocycles. The largest absolute Gasteiger partial charge is 0.403 e. The molecule has 1 aromatic carbocycles. The average molecular weight is 296 g/mol. The number of rotatable bonds is 4. The van der Waals surface area contributed by atoms with E-state index in [9.17, 15) is 0 Å². The normalized spacial score (nSPS) is 20.5. The van der Waals surface area contributed by atoms with Crippen molar-refractivity contribution in [2.75, 3.05) is 13.1 Å². The van der Waals surface area contributed by atoms with Crippen molar-refractivity contribution in [3.63, 3.8) is 0 Å². The van der Waals surface area contributed by atoms with E-state index in [0.717, 1.165) is 28.8 Å². The summed E-state index contributed by atoms with van der Waals surface area (Å²) in [5.74, 6) is 0. The SMILES string of the molecule is N/C=C(\NC[C@@H]1CCCN1)c1ccc(Br)cc1. The van der Waals surface area contributed by atoms with Crippen LogP contribution in [0.4, 0.5) is 0 Å². The number of nitrogens with one attached hydrogen (secondary N) is 2. The summed E-state index contributed by atoms with van der Waals surface area (Å²) in [5.41, 5.74) is 7.78. The quantitative estimate of drug-likeness (QED) is 0.797. The van der Waals surface area contributed by atoms with Crippen LogP contribution >= 0.6 is 15.9 Å². The maximum absolute atomic E-state index is 5.67. The van der Waals surface area contributed by atoms with Gasteiger partial charge in [-0.15, -0.1) is 0 Å². The topological polar surface area (TPSA) is 50.1 Å². The number of hydrogen-bond acceptors (Lipinski definition) is 3. The summed E-state index contributed by atoms with van der Waals surface area (Å²) < 4.78 is 1.08. The molecule has 1 aromatic rings. The van der Waals surface area contributed by atoms with Crippen molar-refractivity contribution in [1.82, 2.24) is 10.6 Å². The van der Waals surface area contributed by atoms with E-state index in [0.29, 0.717) is 6.04 Å². The third-order valence-electron chi connectivity index (χ3n) is 3.02. The molecule has 1 saturated heterocycles. The second-order valence-corrected chi connectivity index (χ2v) is 5.18. The minimum Gasteiger partial charge on any atom is -0.403 e. The molecule has 0 bridgehead atoms. The van der Waals surface area contributed by atoms with Crippen LogP contribution in [-0.4, -0.2) is 19.1 Å². The summed E-state index contributed by atoms with van der Waals surface area (Å²) >= 11 is 3.43. The summed E-state index contributed by atoms with van der Waals surface area (Å²) in [6.07, 6.45) is 4.15. The van der Waals surface area contributed by atoms with Crippen LogP contribution in [0.1, 0.15) is 18.4 Å². The van der Waals surface area contributed by atoms with Crippen molar-refractivity contribution in [2.24, 2.45) is 5.73 Å². The predicted molar refractivity (Wildman–Crippen MR) is 75.3 cm³/mol. The van der Waals surface area contributed by atoms with E-state index in [1.165, 1.54) is 12.8 Å². The minimum atomic E-state index is 0.570. The van der Waals surface area contributed by atoms with Gasteiger partial charge in [0, 0.05) is 23.3 Å². The van der Waals surface area contributed by atoms with E-state index in [1.54, 1.807) is 6.20 Å². The lowest BCUT2D eigenvalue weighted by Crippen LogP contribution is -2.33. The van der Waals surface area contributed by atoms with Crippen LogP contribution in [-0.2, 0) is 0 Å². The zero-order valence-electron chi connectivity index (χ0n) is 9.75. The molecule has 17 heavy (non-hydrogen) atoms. The molecule has 1 heterocycles. The monoisotopic (exact) mass is 295 g/mol. The number of hydrogen-bond donors (Lipinski definition) is 3. The van der Waals surface area contributed by atoms with Gasteiger partial charge in [0.25, 0.3) is 0 Å². The minimum absolute atomic E-state index is 0.570. The summed E-state index contributed by atoms with van der Waals surface area (Å²) in [6.45, 7) is 2.06. The molecule has 0 saturated carbocycles. The molecule has 2 rings (SSSR count). The van der Waals surface area contributed by atoms with E-state index < -0.39 is 0 Å². The number of halogens is 1. The van der Waals surface area contributed by atoms with E-state index in [4.69, 9.17) is 5.73 Å². The molecule has 1 aliphatic rings. The van der Waals surface area contributed by atoms with E-state index in [1.807, 2.05) is 12.1 Å². The first-order valence-electron chi connectivity index (χ1n) is 5.94. The lowest BCUT2D eigenvalue weighted by Gasteiger charge is -2.15. The van der Waals surface area contributed by atoms with Crippen molar-refractivity contribution in [3.05, 3.63) is 40.5 Å². The second-order valence-electron chi connectivity index (χ2n) is 4.26. The van der Waals surface area contributed by atoms with Crippen molar-refractivity contribution >= 4 is 21.6 Å². The molecule has 92 valence electrons. The first-order chi connectivity index (χ1) is 8.29. The Kier molecular flexibility index (Phi) is 4.45. The molecule has 0 amide bonds. The van der Waals surface area contributed by atoms with Gasteiger partial charge < -0.3 is 16.4 Å². The fraction of sp³-hybridized carbons (Fsp3) is 0.385. The molecule has 0 radical (unpaired) electrons. The fourth-order valence-electron chi connectivity index (χ4n) is 2.05. The van der Waals surface area contributed by atoms with Crippen LogP contribution in [0.2, 0.25) is 0 Å². The highest BCUT2D eigenvalue weighted by atomic mass is 79.9. The van der Waals surface area contributed by atoms with Gasteiger partial charge in [0.15, 0.2) is 0 Å². The van der Waals surface area contributed by atoms with E-state index in [2.05, 4.69) is 38.7 Å². The van der Waals surface area contributed by atoms with Crippen LogP contribution in [0.5, 0.6) is 0 Å². The van der Waals surface area contributed by atoms with Crippen LogP contribution in [0.3, 0.4) is 0 Å². The lowest BCUT2D eigenvalue weighted by atomic mass is 10.1. The smallest absolute Gasteiger partial charge is 0.0571 e. The maximum Gasteiger partial charge on any atom is 0.0571 e. The first-order valence-corrected chi connectivity index (χ1v) is 6.74. The van der Waals surface area contributed by atoms with Gasteiger partial charge in [0.2, 0.25) is 0 Å². The summed E-state index contributed by atoms with van der Waals surface area (Å²) in [6, 6.07) is 8.72. The Balaban J connectivity index is 1.94. The van der Waals surface area contributed by atoms with Crippen LogP contribution in [0.15, 0.2) is 34.9 Å². The van der Waals surface area contributed by atoms with Crippen LogP contribution in [0.25, 0.3) is 5.70 Å². The molecule has 0 spiro atoms. The molecule has 1 fully saturated rings. The second kappa shape index (κ2) is 6.07. The van der Waals surface area contributed by atoms with Gasteiger partial charge in [-0.25, -0.2) is 0 Å². The summed E-state index contributed by atoms with van der Waals surface area (Å²) in [4.78, 5) is 0. The Morgan fingerprint density at radius 1 is 1.47 bits per heavy atom. The average Bonchev–Trinajstić information content (AvgIpc) is 2.85. The Morgan fingerprint density at radius 2 is 2.24 bits per heavy atom. The van der Waals surface area contributed by atoms with Crippen molar-refractivity contribution in [3.8, 4) is 0 Å². The molecule has 3 nitrogen and oxygen atoms in total. The summed E-state index contributed by atoms with van der Waals surface area (Å²) in [7, 11) is 0. The van der Waals surface area contributed by atoms with Gasteiger partial charge in [-0.05, 0) is 37.1 Å². The maximum atomic E-state index is 5.67. The zero-order chi connectivity index (χ0) is 12.1. The Bertz CT molecular complexity index is 380. The molecule has 4 N–H and O–H groups in total. The van der Waals surface area contributed by atoms with Gasteiger partial charge in [-0.1, -0.05) is 28.1 Å². The zero-order valence-corrected chi connectivity index (χ0v) is 11.3. The van der Waals surface area contributed by atoms with Crippen molar-refractivity contribution in [2.45, 2.75) is 18.9 Å². The highest BCUT2D eigenvalue weighted by Crippen LogP contribution is 2.15. The van der Waals surface area contributed by atoms with Gasteiger partial charge >= 0.3 is 0 Å². The van der Waals surface area contributed by atoms with Gasteiger partial charge in [-0.3, -0.25) is 0 Å². The highest BCUT2D eigenvalue weighted by molar-refractivity contribution is 9.10. The van der Waals surface area contributed by atoms with E-state index >= 15 is 0 Å². The highest BCUT2D eigenvalue weighted by Gasteiger charge is 2.13. The molecule has 0 aliphatic carbocycles. The lowest BCUT2D eigenvalue weighted by molar-refractivity contribution is 0.584. The van der Waals surface area contributed by atoms with E-state index in [-0.39, 0.29) is 0 Å². The molecule has 0 aromatic heterocycles. The predicted octanol–water partition coefficient (Wildman–Crippen LogP) is 2.05. The molecular formula is C13H18BrN3. The molecule has 4 heteroatoms. The third kappa shape index (κ3) is 3.48. The standard InChI is InChI=1S/C13H18BrN3/c14-11-5-3-10(4-6-11)13(8-15)17-9-12-2-1-7-16-12/h3-6,8,12,16-17H,1-2,7,9,15H2/b13-8-/t12-/m0/s1. The number of benzene rings is 1. The molecular weight excluding hydrogens is 278 g/mol. The van der Waals surface area contributed by atoms with Gasteiger partial charge in [0.1, 0.15) is 0 Å². The fourth-order valence-corrected chi connectivity index (χ4v) is 2.32. The van der Waals surface area contributed by atoms with Gasteiger partial charge in [0.05, 0.1) is 5.70 Å². The Hall–Kier alpha value is -1.00. The van der Waals surface area contributed by atoms with Gasteiger partial charge in [-0.2, -0.15) is 0 Å². The van der Waals surface area contributed by atoms with Crippen LogP contribution < -0.4 is 16.4 Å². The Labute approximate surface area is 111 Å². The first kappa shape index (κ1) is 12.5. The third-order valence-corrected chi connectivity index (χ3v) is 3.55. The molecule has 0 unspecified atom stereocenters. The van der Waals surface area contributed by atoms with Crippen LogP contribution in [0, 0.1) is 0 Å². The molecule has 1 atom stereocenters.